The number of anilines is 1. The summed E-state index contributed by atoms with van der Waals surface area (Å²) in [7, 11) is -3.53. The zero-order valence-corrected chi connectivity index (χ0v) is 18.8. The normalized spacial score (nSPS) is 16.4. The maximum atomic E-state index is 15.0. The van der Waals surface area contributed by atoms with Crippen molar-refractivity contribution in [3.63, 3.8) is 0 Å². The standard InChI is InChI=1S/C19H22ClFN6O3S/c1-10-15-18(22)23-9-24-19(15)27(25-10)11(2)12-7-14(20)16(21)13-8-26(31(3,28)29)5-4-6-30-17(12)13/h7,9,11H,4-6,8H2,1-3H3,(H2,22,23,24). The van der Waals surface area contributed by atoms with Crippen LogP contribution in [0.5, 0.6) is 5.75 Å². The Hall–Kier alpha value is -2.50. The minimum atomic E-state index is -3.53. The van der Waals surface area contributed by atoms with Crippen molar-refractivity contribution < 1.29 is 17.5 Å². The number of nitrogens with two attached hydrogens (primary N) is 1. The van der Waals surface area contributed by atoms with E-state index in [9.17, 15) is 8.42 Å². The predicted octanol–water partition coefficient (Wildman–Crippen LogP) is 2.66. The minimum Gasteiger partial charge on any atom is -0.493 e. The molecule has 0 spiro atoms. The number of sulfonamides is 1. The molecule has 31 heavy (non-hydrogen) atoms. The van der Waals surface area contributed by atoms with Gasteiger partial charge in [0, 0.05) is 24.2 Å². The highest BCUT2D eigenvalue weighted by molar-refractivity contribution is 7.88. The van der Waals surface area contributed by atoms with Crippen molar-refractivity contribution in [2.75, 3.05) is 25.1 Å². The maximum Gasteiger partial charge on any atom is 0.211 e. The number of aromatic nitrogens is 4. The van der Waals surface area contributed by atoms with Gasteiger partial charge in [-0.1, -0.05) is 11.6 Å². The Morgan fingerprint density at radius 1 is 1.35 bits per heavy atom. The molecular formula is C19H22ClFN6O3S. The van der Waals surface area contributed by atoms with Crippen LogP contribution in [0.1, 0.15) is 36.2 Å². The topological polar surface area (TPSA) is 116 Å². The van der Waals surface area contributed by atoms with Crippen LogP contribution in [-0.2, 0) is 16.6 Å². The summed E-state index contributed by atoms with van der Waals surface area (Å²) >= 11 is 6.21. The molecule has 1 unspecified atom stereocenters. The minimum absolute atomic E-state index is 0.0989. The van der Waals surface area contributed by atoms with E-state index in [-0.39, 0.29) is 36.0 Å². The zero-order valence-electron chi connectivity index (χ0n) is 17.3. The van der Waals surface area contributed by atoms with Gasteiger partial charge < -0.3 is 10.5 Å². The van der Waals surface area contributed by atoms with Crippen molar-refractivity contribution in [3.05, 3.63) is 40.1 Å². The van der Waals surface area contributed by atoms with Gasteiger partial charge in [-0.25, -0.2) is 27.5 Å². The Balaban J connectivity index is 1.90. The third-order valence-corrected chi connectivity index (χ3v) is 6.93. The number of hydrogen-bond donors (Lipinski definition) is 1. The number of nitrogens with zero attached hydrogens (tertiary/aromatic N) is 5. The molecule has 0 amide bonds. The van der Waals surface area contributed by atoms with Crippen molar-refractivity contribution in [1.29, 1.82) is 0 Å². The number of halogens is 2. The first-order chi connectivity index (χ1) is 14.6. The van der Waals surface area contributed by atoms with Crippen molar-refractivity contribution in [3.8, 4) is 5.75 Å². The number of fused-ring (bicyclic) bond motifs is 2. The van der Waals surface area contributed by atoms with Crippen LogP contribution >= 0.6 is 11.6 Å². The van der Waals surface area contributed by atoms with Crippen molar-refractivity contribution in [2.24, 2.45) is 0 Å². The SMILES string of the molecule is Cc1nn(C(C)c2cc(Cl)c(F)c3c2OCCCN(S(C)(=O)=O)C3)c2ncnc(N)c12. The molecule has 166 valence electrons. The molecule has 1 aliphatic heterocycles. The highest BCUT2D eigenvalue weighted by atomic mass is 35.5. The van der Waals surface area contributed by atoms with Crippen LogP contribution in [0.15, 0.2) is 12.4 Å². The third kappa shape index (κ3) is 3.81. The van der Waals surface area contributed by atoms with Crippen LogP contribution in [0.3, 0.4) is 0 Å². The van der Waals surface area contributed by atoms with Gasteiger partial charge in [-0.15, -0.1) is 0 Å². The molecule has 2 aromatic heterocycles. The van der Waals surface area contributed by atoms with Crippen molar-refractivity contribution >= 4 is 38.5 Å². The molecule has 0 fully saturated rings. The van der Waals surface area contributed by atoms with Crippen molar-refractivity contribution in [1.82, 2.24) is 24.1 Å². The molecule has 0 saturated carbocycles. The number of ether oxygens (including phenoxy) is 1. The molecule has 4 rings (SSSR count). The number of benzene rings is 1. The molecule has 0 bridgehead atoms. The number of nitrogen functional groups attached to an aromatic ring is 1. The molecule has 9 nitrogen and oxygen atoms in total. The highest BCUT2D eigenvalue weighted by Crippen LogP contribution is 2.39. The number of aryl methyl sites for hydroxylation is 1. The summed E-state index contributed by atoms with van der Waals surface area (Å²) in [6.45, 7) is 3.94. The molecule has 1 atom stereocenters. The Kier molecular flexibility index (Phi) is 5.52. The summed E-state index contributed by atoms with van der Waals surface area (Å²) in [6.07, 6.45) is 2.92. The van der Waals surface area contributed by atoms with E-state index >= 15 is 4.39 Å². The fraction of sp³-hybridized carbons (Fsp3) is 0.421. The largest absolute Gasteiger partial charge is 0.493 e. The summed E-state index contributed by atoms with van der Waals surface area (Å²) in [6, 6.07) is 1.03. The van der Waals surface area contributed by atoms with Crippen LogP contribution in [0, 0.1) is 12.7 Å². The summed E-state index contributed by atoms with van der Waals surface area (Å²) in [5, 5.41) is 5.07. The smallest absolute Gasteiger partial charge is 0.211 e. The van der Waals surface area contributed by atoms with E-state index in [0.29, 0.717) is 34.5 Å². The van der Waals surface area contributed by atoms with Gasteiger partial charge in [0.25, 0.3) is 0 Å². The van der Waals surface area contributed by atoms with E-state index < -0.39 is 21.9 Å². The van der Waals surface area contributed by atoms with Crippen LogP contribution < -0.4 is 10.5 Å². The van der Waals surface area contributed by atoms with Crippen LogP contribution in [-0.4, -0.2) is 51.9 Å². The fourth-order valence-corrected chi connectivity index (χ4v) is 4.89. The lowest BCUT2D eigenvalue weighted by molar-refractivity contribution is 0.257. The lowest BCUT2D eigenvalue weighted by atomic mass is 10.0. The van der Waals surface area contributed by atoms with Gasteiger partial charge >= 0.3 is 0 Å². The van der Waals surface area contributed by atoms with Gasteiger partial charge in [0.2, 0.25) is 10.0 Å². The molecular weight excluding hydrogens is 447 g/mol. The fourth-order valence-electron chi connectivity index (χ4n) is 3.83. The monoisotopic (exact) mass is 468 g/mol. The van der Waals surface area contributed by atoms with E-state index in [2.05, 4.69) is 15.1 Å². The summed E-state index contributed by atoms with van der Waals surface area (Å²) < 4.78 is 48.2. The second kappa shape index (κ2) is 7.88. The Morgan fingerprint density at radius 3 is 2.81 bits per heavy atom. The Labute approximate surface area is 184 Å². The quantitative estimate of drug-likeness (QED) is 0.628. The van der Waals surface area contributed by atoms with Crippen molar-refractivity contribution in [2.45, 2.75) is 32.9 Å². The number of rotatable bonds is 3. The van der Waals surface area contributed by atoms with Gasteiger partial charge in [-0.05, 0) is 26.3 Å². The summed E-state index contributed by atoms with van der Waals surface area (Å²) in [5.41, 5.74) is 7.84. The lowest BCUT2D eigenvalue weighted by Crippen LogP contribution is -2.33. The third-order valence-electron chi connectivity index (χ3n) is 5.40. The van der Waals surface area contributed by atoms with Gasteiger partial charge in [-0.2, -0.15) is 9.40 Å². The first kappa shape index (κ1) is 21.7. The van der Waals surface area contributed by atoms with Gasteiger partial charge in [-0.3, -0.25) is 0 Å². The Bertz CT molecular complexity index is 1280. The second-order valence-corrected chi connectivity index (χ2v) is 9.92. The Morgan fingerprint density at radius 2 is 2.10 bits per heavy atom. The van der Waals surface area contributed by atoms with E-state index in [1.165, 1.54) is 16.7 Å². The van der Waals surface area contributed by atoms with E-state index in [4.69, 9.17) is 22.1 Å². The maximum absolute atomic E-state index is 15.0. The molecule has 0 aliphatic carbocycles. The molecule has 3 heterocycles. The molecule has 12 heteroatoms. The lowest BCUT2D eigenvalue weighted by Gasteiger charge is -2.28. The molecule has 2 N–H and O–H groups in total. The first-order valence-corrected chi connectivity index (χ1v) is 11.9. The van der Waals surface area contributed by atoms with E-state index in [0.717, 1.165) is 6.26 Å². The highest BCUT2D eigenvalue weighted by Gasteiger charge is 2.29. The average molecular weight is 469 g/mol. The second-order valence-electron chi connectivity index (χ2n) is 7.53. The predicted molar refractivity (Wildman–Crippen MR) is 115 cm³/mol. The molecule has 0 saturated heterocycles. The van der Waals surface area contributed by atoms with Crippen LogP contribution in [0.4, 0.5) is 10.2 Å². The first-order valence-electron chi connectivity index (χ1n) is 9.63. The van der Waals surface area contributed by atoms with Gasteiger partial charge in [0.05, 0.1) is 35.0 Å². The van der Waals surface area contributed by atoms with Crippen LogP contribution in [0.2, 0.25) is 5.02 Å². The zero-order chi connectivity index (χ0) is 22.5. The molecule has 3 aromatic rings. The van der Waals surface area contributed by atoms with E-state index in [1.807, 2.05) is 6.92 Å². The average Bonchev–Trinajstić information content (AvgIpc) is 3.01. The summed E-state index contributed by atoms with van der Waals surface area (Å²) in [5.74, 6) is -0.115. The summed E-state index contributed by atoms with van der Waals surface area (Å²) in [4.78, 5) is 8.33. The molecule has 1 aliphatic rings. The molecule has 0 radical (unpaired) electrons. The van der Waals surface area contributed by atoms with Crippen LogP contribution in [0.25, 0.3) is 11.0 Å². The van der Waals surface area contributed by atoms with Gasteiger partial charge in [0.1, 0.15) is 23.7 Å². The van der Waals surface area contributed by atoms with E-state index in [1.54, 1.807) is 11.6 Å². The number of hydrogen-bond acceptors (Lipinski definition) is 7. The van der Waals surface area contributed by atoms with Gasteiger partial charge in [0.15, 0.2) is 5.65 Å². The molecule has 1 aromatic carbocycles.